The first-order valence-corrected chi connectivity index (χ1v) is 13.9. The molecule has 3 N–H and O–H groups in total. The number of rotatable bonds is 15. The van der Waals surface area contributed by atoms with Crippen LogP contribution in [0.2, 0.25) is 0 Å². The lowest BCUT2D eigenvalue weighted by atomic mass is 10.0. The van der Waals surface area contributed by atoms with E-state index in [9.17, 15) is 19.2 Å². The van der Waals surface area contributed by atoms with Crippen LogP contribution < -0.4 is 16.0 Å². The Hall–Kier alpha value is -4.86. The van der Waals surface area contributed by atoms with Gasteiger partial charge in [0.2, 0.25) is 5.91 Å². The summed E-state index contributed by atoms with van der Waals surface area (Å²) in [6, 6.07) is 25.6. The summed E-state index contributed by atoms with van der Waals surface area (Å²) in [4.78, 5) is 50.7. The van der Waals surface area contributed by atoms with Crippen molar-refractivity contribution in [3.63, 3.8) is 0 Å². The zero-order chi connectivity index (χ0) is 30.0. The topological polar surface area (TPSA) is 132 Å². The Balaban J connectivity index is 1.58. The Bertz CT molecular complexity index is 1260. The smallest absolute Gasteiger partial charge is 0.408 e. The third-order valence-electron chi connectivity index (χ3n) is 6.14. The van der Waals surface area contributed by atoms with Gasteiger partial charge in [0, 0.05) is 13.0 Å². The normalized spacial score (nSPS) is 11.8. The summed E-state index contributed by atoms with van der Waals surface area (Å²) in [6.45, 7) is 2.19. The van der Waals surface area contributed by atoms with Crippen LogP contribution in [0.1, 0.15) is 36.5 Å². The van der Waals surface area contributed by atoms with E-state index in [1.54, 1.807) is 6.92 Å². The van der Waals surface area contributed by atoms with Crippen molar-refractivity contribution in [2.24, 2.45) is 0 Å². The predicted molar refractivity (Wildman–Crippen MR) is 156 cm³/mol. The molecule has 2 atom stereocenters. The van der Waals surface area contributed by atoms with Crippen molar-refractivity contribution in [3.05, 3.63) is 108 Å². The van der Waals surface area contributed by atoms with Crippen LogP contribution in [0.15, 0.2) is 91.0 Å². The first kappa shape index (κ1) is 31.7. The van der Waals surface area contributed by atoms with Gasteiger partial charge in [-0.3, -0.25) is 4.79 Å². The van der Waals surface area contributed by atoms with Crippen LogP contribution in [0.5, 0.6) is 0 Å². The van der Waals surface area contributed by atoms with Gasteiger partial charge in [0.15, 0.2) is 0 Å². The van der Waals surface area contributed by atoms with Gasteiger partial charge in [-0.15, -0.1) is 0 Å². The highest BCUT2D eigenvalue weighted by Crippen LogP contribution is 2.08. The van der Waals surface area contributed by atoms with Gasteiger partial charge in [0.05, 0.1) is 6.61 Å². The molecule has 0 spiro atoms. The molecule has 0 saturated heterocycles. The molecule has 10 nitrogen and oxygen atoms in total. The fourth-order valence-electron chi connectivity index (χ4n) is 4.00. The van der Waals surface area contributed by atoms with E-state index in [4.69, 9.17) is 14.2 Å². The van der Waals surface area contributed by atoms with Crippen molar-refractivity contribution in [2.75, 3.05) is 13.2 Å². The summed E-state index contributed by atoms with van der Waals surface area (Å²) in [5, 5.41) is 7.96. The molecule has 0 saturated carbocycles. The summed E-state index contributed by atoms with van der Waals surface area (Å²) in [7, 11) is 0. The quantitative estimate of drug-likeness (QED) is 0.140. The van der Waals surface area contributed by atoms with E-state index < -0.39 is 36.1 Å². The SMILES string of the molecule is CCOC(=O)[C@H](Cc1ccccc1)NC(=O)[C@@H](CCCNC(=O)OCc1ccccc1)NC(=O)OCc1ccccc1. The van der Waals surface area contributed by atoms with Crippen molar-refractivity contribution < 1.29 is 33.4 Å². The van der Waals surface area contributed by atoms with E-state index in [0.29, 0.717) is 6.42 Å². The molecule has 0 unspecified atom stereocenters. The van der Waals surface area contributed by atoms with Gasteiger partial charge in [-0.05, 0) is 36.5 Å². The number of hydrogen-bond acceptors (Lipinski definition) is 7. The minimum Gasteiger partial charge on any atom is -0.464 e. The molecule has 10 heteroatoms. The van der Waals surface area contributed by atoms with Gasteiger partial charge < -0.3 is 30.2 Å². The van der Waals surface area contributed by atoms with Crippen LogP contribution in [-0.2, 0) is 43.4 Å². The largest absolute Gasteiger partial charge is 0.464 e. The lowest BCUT2D eigenvalue weighted by Crippen LogP contribution is -2.52. The molecule has 0 aliphatic carbocycles. The Morgan fingerprint density at radius 2 is 1.17 bits per heavy atom. The molecule has 0 aliphatic rings. The zero-order valence-corrected chi connectivity index (χ0v) is 23.6. The van der Waals surface area contributed by atoms with Gasteiger partial charge in [0.25, 0.3) is 0 Å². The van der Waals surface area contributed by atoms with Crippen LogP contribution in [0.3, 0.4) is 0 Å². The number of ether oxygens (including phenoxy) is 3. The summed E-state index contributed by atoms with van der Waals surface area (Å²) in [5.41, 5.74) is 2.48. The molecule has 0 radical (unpaired) electrons. The lowest BCUT2D eigenvalue weighted by Gasteiger charge is -2.22. The Kier molecular flexibility index (Phi) is 13.4. The number of alkyl carbamates (subject to hydrolysis) is 2. The molecule has 3 amide bonds. The van der Waals surface area contributed by atoms with Gasteiger partial charge in [-0.1, -0.05) is 91.0 Å². The van der Waals surface area contributed by atoms with Crippen LogP contribution in [0, 0.1) is 0 Å². The van der Waals surface area contributed by atoms with E-state index in [1.807, 2.05) is 91.0 Å². The van der Waals surface area contributed by atoms with Gasteiger partial charge in [-0.25, -0.2) is 14.4 Å². The molecule has 0 aromatic heterocycles. The third kappa shape index (κ3) is 11.7. The van der Waals surface area contributed by atoms with Gasteiger partial charge in [-0.2, -0.15) is 0 Å². The highest BCUT2D eigenvalue weighted by molar-refractivity contribution is 5.89. The van der Waals surface area contributed by atoms with E-state index in [0.717, 1.165) is 16.7 Å². The van der Waals surface area contributed by atoms with Gasteiger partial charge >= 0.3 is 18.2 Å². The van der Waals surface area contributed by atoms with Crippen LogP contribution in [-0.4, -0.2) is 49.3 Å². The Morgan fingerprint density at radius 3 is 1.71 bits per heavy atom. The molecule has 222 valence electrons. The zero-order valence-electron chi connectivity index (χ0n) is 23.6. The standard InChI is InChI=1S/C32H37N3O7/c1-2-40-30(37)28(21-24-13-6-3-7-14-24)34-29(36)27(35-32(39)42-23-26-17-10-5-11-18-26)19-12-20-33-31(38)41-22-25-15-8-4-9-16-25/h3-11,13-18,27-28H,2,12,19-23H2,1H3,(H,33,38)(H,34,36)(H,35,39)/t27-,28+/m1/s1. The third-order valence-corrected chi connectivity index (χ3v) is 6.14. The van der Waals surface area contributed by atoms with E-state index in [1.165, 1.54) is 0 Å². The number of carbonyl (C=O) groups is 4. The Labute approximate surface area is 245 Å². The predicted octanol–water partition coefficient (Wildman–Crippen LogP) is 4.28. The molecule has 3 aromatic carbocycles. The summed E-state index contributed by atoms with van der Waals surface area (Å²) < 4.78 is 15.7. The van der Waals surface area contributed by atoms with Crippen molar-refractivity contribution >= 4 is 24.1 Å². The van der Waals surface area contributed by atoms with Crippen molar-refractivity contribution in [1.29, 1.82) is 0 Å². The average Bonchev–Trinajstić information content (AvgIpc) is 3.01. The number of esters is 1. The fraction of sp³-hybridized carbons (Fsp3) is 0.312. The number of carbonyl (C=O) groups excluding carboxylic acids is 4. The second-order valence-corrected chi connectivity index (χ2v) is 9.39. The lowest BCUT2D eigenvalue weighted by molar-refractivity contribution is -0.147. The number of benzene rings is 3. The molecule has 0 aliphatic heterocycles. The molecule has 42 heavy (non-hydrogen) atoms. The average molecular weight is 576 g/mol. The van der Waals surface area contributed by atoms with E-state index >= 15 is 0 Å². The van der Waals surface area contributed by atoms with Crippen LogP contribution >= 0.6 is 0 Å². The maximum Gasteiger partial charge on any atom is 0.408 e. The molecular formula is C32H37N3O7. The Morgan fingerprint density at radius 1 is 0.643 bits per heavy atom. The van der Waals surface area contributed by atoms with Crippen molar-refractivity contribution in [1.82, 2.24) is 16.0 Å². The summed E-state index contributed by atoms with van der Waals surface area (Å²) in [6.07, 6.45) is -0.678. The van der Waals surface area contributed by atoms with E-state index in [2.05, 4.69) is 16.0 Å². The molecule has 0 fully saturated rings. The highest BCUT2D eigenvalue weighted by atomic mass is 16.6. The maximum atomic E-state index is 13.3. The van der Waals surface area contributed by atoms with Crippen molar-refractivity contribution in [2.45, 2.75) is 51.5 Å². The minimum atomic E-state index is -1.04. The number of hydrogen-bond donors (Lipinski definition) is 3. The molecule has 3 rings (SSSR count). The summed E-state index contributed by atoms with van der Waals surface area (Å²) in [5.74, 6) is -1.16. The first-order valence-electron chi connectivity index (χ1n) is 13.9. The fourth-order valence-corrected chi connectivity index (χ4v) is 4.00. The van der Waals surface area contributed by atoms with E-state index in [-0.39, 0.29) is 39.2 Å². The number of amides is 3. The molecule has 0 bridgehead atoms. The second kappa shape index (κ2) is 17.8. The maximum absolute atomic E-state index is 13.3. The van der Waals surface area contributed by atoms with Crippen LogP contribution in [0.25, 0.3) is 0 Å². The van der Waals surface area contributed by atoms with Gasteiger partial charge in [0.1, 0.15) is 25.3 Å². The molecule has 0 heterocycles. The van der Waals surface area contributed by atoms with Crippen molar-refractivity contribution in [3.8, 4) is 0 Å². The highest BCUT2D eigenvalue weighted by Gasteiger charge is 2.28. The monoisotopic (exact) mass is 575 g/mol. The molecule has 3 aromatic rings. The van der Waals surface area contributed by atoms with Crippen LogP contribution in [0.4, 0.5) is 9.59 Å². The number of nitrogens with one attached hydrogen (secondary N) is 3. The minimum absolute atomic E-state index is 0.0231. The summed E-state index contributed by atoms with van der Waals surface area (Å²) >= 11 is 0. The first-order chi connectivity index (χ1) is 20.4. The second-order valence-electron chi connectivity index (χ2n) is 9.39. The molecular weight excluding hydrogens is 538 g/mol.